The number of piperidine rings is 1. The highest BCUT2D eigenvalue weighted by Gasteiger charge is 2.41. The van der Waals surface area contributed by atoms with Crippen molar-refractivity contribution in [2.45, 2.75) is 37.5 Å². The molecule has 0 saturated carbocycles. The third kappa shape index (κ3) is 3.04. The van der Waals surface area contributed by atoms with Crippen LogP contribution in [0.3, 0.4) is 0 Å². The number of likely N-dealkylation sites (tertiary alicyclic amines) is 2. The number of carbonyl (C=O) groups excluding carboxylic acids is 1. The first-order valence-electron chi connectivity index (χ1n) is 7.03. The molecule has 2 amide bonds. The SMILES string of the molecule is CN(C)C1CCCN(C(=O)N2CC(O)CC2C(=O)O)C1. The van der Waals surface area contributed by atoms with Crippen LogP contribution < -0.4 is 0 Å². The number of carboxylic acid groups (broad SMARTS) is 1. The Kier molecular flexibility index (Phi) is 4.49. The minimum absolute atomic E-state index is 0.110. The maximum Gasteiger partial charge on any atom is 0.326 e. The summed E-state index contributed by atoms with van der Waals surface area (Å²) in [5, 5.41) is 18.8. The summed E-state index contributed by atoms with van der Waals surface area (Å²) in [6, 6.07) is -0.860. The highest BCUT2D eigenvalue weighted by atomic mass is 16.4. The van der Waals surface area contributed by atoms with Gasteiger partial charge in [-0.2, -0.15) is 0 Å². The first-order chi connectivity index (χ1) is 9.40. The molecule has 0 aromatic heterocycles. The van der Waals surface area contributed by atoms with Crippen molar-refractivity contribution in [1.82, 2.24) is 14.7 Å². The topological polar surface area (TPSA) is 84.3 Å². The number of nitrogens with zero attached hydrogens (tertiary/aromatic N) is 3. The van der Waals surface area contributed by atoms with Gasteiger partial charge in [0.1, 0.15) is 6.04 Å². The second-order valence-corrected chi connectivity index (χ2v) is 5.88. The predicted molar refractivity (Wildman–Crippen MR) is 72.4 cm³/mol. The van der Waals surface area contributed by atoms with Crippen molar-refractivity contribution < 1.29 is 19.8 Å². The van der Waals surface area contributed by atoms with Crippen molar-refractivity contribution in [2.75, 3.05) is 33.7 Å². The fourth-order valence-electron chi connectivity index (χ4n) is 2.99. The third-order valence-corrected chi connectivity index (χ3v) is 4.21. The lowest BCUT2D eigenvalue weighted by Gasteiger charge is -2.38. The van der Waals surface area contributed by atoms with E-state index in [4.69, 9.17) is 5.11 Å². The van der Waals surface area contributed by atoms with Gasteiger partial charge in [-0.1, -0.05) is 0 Å². The number of aliphatic hydroxyl groups is 1. The van der Waals surface area contributed by atoms with E-state index in [1.54, 1.807) is 4.90 Å². The molecule has 2 fully saturated rings. The van der Waals surface area contributed by atoms with Gasteiger partial charge in [-0.3, -0.25) is 0 Å². The molecule has 2 aliphatic rings. The molecule has 2 N–H and O–H groups in total. The molecule has 3 unspecified atom stereocenters. The van der Waals surface area contributed by atoms with Crippen molar-refractivity contribution in [2.24, 2.45) is 0 Å². The van der Waals surface area contributed by atoms with Crippen molar-refractivity contribution in [3.8, 4) is 0 Å². The Bertz CT molecular complexity index is 388. The van der Waals surface area contributed by atoms with E-state index in [0.29, 0.717) is 19.1 Å². The van der Waals surface area contributed by atoms with Gasteiger partial charge >= 0.3 is 12.0 Å². The lowest BCUT2D eigenvalue weighted by Crippen LogP contribution is -2.54. The number of carbonyl (C=O) groups is 2. The van der Waals surface area contributed by atoms with E-state index in [0.717, 1.165) is 12.8 Å². The van der Waals surface area contributed by atoms with Crippen LogP contribution in [0.4, 0.5) is 4.79 Å². The van der Waals surface area contributed by atoms with Crippen LogP contribution in [0.5, 0.6) is 0 Å². The van der Waals surface area contributed by atoms with Crippen LogP contribution in [-0.4, -0.2) is 88.8 Å². The van der Waals surface area contributed by atoms with E-state index in [-0.39, 0.29) is 19.0 Å². The van der Waals surface area contributed by atoms with Gasteiger partial charge in [-0.25, -0.2) is 9.59 Å². The van der Waals surface area contributed by atoms with Crippen LogP contribution in [-0.2, 0) is 4.79 Å². The van der Waals surface area contributed by atoms with E-state index in [2.05, 4.69) is 4.90 Å². The van der Waals surface area contributed by atoms with Crippen molar-refractivity contribution >= 4 is 12.0 Å². The zero-order valence-electron chi connectivity index (χ0n) is 12.0. The molecule has 0 aromatic carbocycles. The minimum atomic E-state index is -1.05. The summed E-state index contributed by atoms with van der Waals surface area (Å²) < 4.78 is 0. The van der Waals surface area contributed by atoms with E-state index in [1.807, 2.05) is 14.1 Å². The summed E-state index contributed by atoms with van der Waals surface area (Å²) in [6.07, 6.45) is 1.34. The average molecular weight is 285 g/mol. The predicted octanol–water partition coefficient (Wildman–Crippen LogP) is -0.348. The summed E-state index contributed by atoms with van der Waals surface area (Å²) in [5.74, 6) is -1.05. The molecule has 3 atom stereocenters. The monoisotopic (exact) mass is 285 g/mol. The zero-order valence-corrected chi connectivity index (χ0v) is 12.0. The van der Waals surface area contributed by atoms with Crippen molar-refractivity contribution in [3.63, 3.8) is 0 Å². The van der Waals surface area contributed by atoms with Crippen LogP contribution in [0.15, 0.2) is 0 Å². The third-order valence-electron chi connectivity index (χ3n) is 4.21. The Morgan fingerprint density at radius 2 is 1.95 bits per heavy atom. The maximum absolute atomic E-state index is 12.5. The second kappa shape index (κ2) is 5.97. The molecule has 0 bridgehead atoms. The molecule has 0 radical (unpaired) electrons. The lowest BCUT2D eigenvalue weighted by atomic mass is 10.1. The fraction of sp³-hybridized carbons (Fsp3) is 0.846. The minimum Gasteiger partial charge on any atom is -0.480 e. The summed E-state index contributed by atoms with van der Waals surface area (Å²) in [7, 11) is 3.97. The number of likely N-dealkylation sites (N-methyl/N-ethyl adjacent to an activating group) is 1. The summed E-state index contributed by atoms with van der Waals surface area (Å²) in [6.45, 7) is 1.38. The summed E-state index contributed by atoms with van der Waals surface area (Å²) >= 11 is 0. The second-order valence-electron chi connectivity index (χ2n) is 5.88. The molecule has 2 saturated heterocycles. The first-order valence-corrected chi connectivity index (χ1v) is 7.03. The first kappa shape index (κ1) is 15.1. The number of β-amino-alcohol motifs (C(OH)–C–C–N with tert-alkyl or cyclic N) is 1. The Hall–Kier alpha value is -1.34. The number of urea groups is 1. The van der Waals surface area contributed by atoms with Crippen molar-refractivity contribution in [1.29, 1.82) is 0 Å². The quantitative estimate of drug-likeness (QED) is 0.724. The fourth-order valence-corrected chi connectivity index (χ4v) is 2.99. The Morgan fingerprint density at radius 3 is 2.55 bits per heavy atom. The Labute approximate surface area is 118 Å². The van der Waals surface area contributed by atoms with Crippen LogP contribution in [0.25, 0.3) is 0 Å². The van der Waals surface area contributed by atoms with E-state index < -0.39 is 18.1 Å². The number of hydrogen-bond acceptors (Lipinski definition) is 4. The highest BCUT2D eigenvalue weighted by Crippen LogP contribution is 2.22. The van der Waals surface area contributed by atoms with Crippen LogP contribution in [0, 0.1) is 0 Å². The summed E-state index contributed by atoms with van der Waals surface area (Å²) in [5.41, 5.74) is 0. The molecule has 2 rings (SSSR count). The van der Waals surface area contributed by atoms with Crippen LogP contribution in [0.1, 0.15) is 19.3 Å². The van der Waals surface area contributed by atoms with Gasteiger partial charge in [0.25, 0.3) is 0 Å². The molecule has 7 heteroatoms. The van der Waals surface area contributed by atoms with Gasteiger partial charge in [0, 0.05) is 32.1 Å². The van der Waals surface area contributed by atoms with Crippen LogP contribution in [0.2, 0.25) is 0 Å². The highest BCUT2D eigenvalue weighted by molar-refractivity contribution is 5.83. The van der Waals surface area contributed by atoms with Gasteiger partial charge in [0.2, 0.25) is 0 Å². The van der Waals surface area contributed by atoms with Gasteiger partial charge in [-0.05, 0) is 26.9 Å². The van der Waals surface area contributed by atoms with Crippen LogP contribution >= 0.6 is 0 Å². The molecule has 7 nitrogen and oxygen atoms in total. The molecule has 2 aliphatic heterocycles. The Balaban J connectivity index is 2.04. The van der Waals surface area contributed by atoms with Gasteiger partial charge in [0.05, 0.1) is 6.10 Å². The number of rotatable bonds is 2. The summed E-state index contributed by atoms with van der Waals surface area (Å²) in [4.78, 5) is 28.8. The average Bonchev–Trinajstić information content (AvgIpc) is 2.80. The molecule has 114 valence electrons. The smallest absolute Gasteiger partial charge is 0.326 e. The van der Waals surface area contributed by atoms with E-state index in [1.165, 1.54) is 4.90 Å². The Morgan fingerprint density at radius 1 is 1.25 bits per heavy atom. The molecule has 2 heterocycles. The van der Waals surface area contributed by atoms with Gasteiger partial charge < -0.3 is 24.9 Å². The maximum atomic E-state index is 12.5. The van der Waals surface area contributed by atoms with Gasteiger partial charge in [-0.15, -0.1) is 0 Å². The number of aliphatic hydroxyl groups excluding tert-OH is 1. The van der Waals surface area contributed by atoms with E-state index in [9.17, 15) is 14.7 Å². The molecule has 0 aromatic rings. The van der Waals surface area contributed by atoms with Gasteiger partial charge in [0.15, 0.2) is 0 Å². The number of amides is 2. The molecular formula is C13H23N3O4. The molecular weight excluding hydrogens is 262 g/mol. The number of aliphatic carboxylic acids is 1. The molecule has 20 heavy (non-hydrogen) atoms. The number of carboxylic acids is 1. The molecule has 0 spiro atoms. The van der Waals surface area contributed by atoms with Crippen molar-refractivity contribution in [3.05, 3.63) is 0 Å². The lowest BCUT2D eigenvalue weighted by molar-refractivity contribution is -0.141. The number of hydrogen-bond donors (Lipinski definition) is 2. The zero-order chi connectivity index (χ0) is 14.9. The largest absolute Gasteiger partial charge is 0.480 e. The molecule has 0 aliphatic carbocycles. The van der Waals surface area contributed by atoms with E-state index >= 15 is 0 Å². The standard InChI is InChI=1S/C13H23N3O4/c1-14(2)9-4-3-5-15(7-9)13(20)16-8-10(17)6-11(16)12(18)19/h9-11,17H,3-8H2,1-2H3,(H,18,19). The normalized spacial score (nSPS) is 30.9.